The zero-order valence-corrected chi connectivity index (χ0v) is 11.6. The third-order valence-corrected chi connectivity index (χ3v) is 4.38. The molecular weight excluding hydrogens is 232 g/mol. The van der Waals surface area contributed by atoms with Gasteiger partial charge in [0.25, 0.3) is 0 Å². The molecule has 0 amide bonds. The number of fused-ring (bicyclic) bond motifs is 1. The van der Waals surface area contributed by atoms with Crippen LogP contribution in [0.4, 0.5) is 0 Å². The zero-order chi connectivity index (χ0) is 13.4. The molecular formula is C18H20O. The molecule has 0 fully saturated rings. The topological polar surface area (TPSA) is 20.2 Å². The third kappa shape index (κ3) is 2.31. The van der Waals surface area contributed by atoms with E-state index >= 15 is 0 Å². The van der Waals surface area contributed by atoms with Gasteiger partial charge in [0.1, 0.15) is 0 Å². The van der Waals surface area contributed by atoms with Crippen molar-refractivity contribution in [1.29, 1.82) is 0 Å². The Hall–Kier alpha value is -1.60. The Balaban J connectivity index is 1.73. The van der Waals surface area contributed by atoms with E-state index in [-0.39, 0.29) is 6.10 Å². The molecule has 0 aliphatic heterocycles. The molecule has 1 aliphatic rings. The Kier molecular flexibility index (Phi) is 3.16. The normalized spacial score (nSPS) is 18.6. The average Bonchev–Trinajstić information content (AvgIpc) is 2.39. The summed E-state index contributed by atoms with van der Waals surface area (Å²) in [5.41, 5.74) is 6.45. The van der Waals surface area contributed by atoms with Gasteiger partial charge in [-0.15, -0.1) is 0 Å². The van der Waals surface area contributed by atoms with Crippen molar-refractivity contribution in [2.75, 3.05) is 0 Å². The van der Waals surface area contributed by atoms with Gasteiger partial charge in [-0.2, -0.15) is 0 Å². The van der Waals surface area contributed by atoms with E-state index in [9.17, 15) is 5.11 Å². The van der Waals surface area contributed by atoms with Crippen LogP contribution in [0.2, 0.25) is 0 Å². The van der Waals surface area contributed by atoms with E-state index < -0.39 is 0 Å². The first-order valence-electron chi connectivity index (χ1n) is 6.98. The van der Waals surface area contributed by atoms with Gasteiger partial charge in [-0.05, 0) is 60.4 Å². The van der Waals surface area contributed by atoms with Crippen LogP contribution >= 0.6 is 0 Å². The molecule has 1 heteroatoms. The van der Waals surface area contributed by atoms with Crippen molar-refractivity contribution in [3.05, 3.63) is 70.3 Å². The van der Waals surface area contributed by atoms with Crippen molar-refractivity contribution in [1.82, 2.24) is 0 Å². The Morgan fingerprint density at radius 1 is 1.11 bits per heavy atom. The highest BCUT2D eigenvalue weighted by Crippen LogP contribution is 2.40. The fraction of sp³-hybridized carbons (Fsp3) is 0.333. The van der Waals surface area contributed by atoms with Crippen molar-refractivity contribution in [3.63, 3.8) is 0 Å². The standard InChI is InChI=1S/C18H20O/c1-12-7-8-15(9-13(12)2)18(19)11-16-10-14-5-3-4-6-17(14)16/h3-9,16,18-19H,10-11H2,1-2H3. The number of hydrogen-bond acceptors (Lipinski definition) is 1. The van der Waals surface area contributed by atoms with Crippen molar-refractivity contribution >= 4 is 0 Å². The Labute approximate surface area is 114 Å². The molecule has 0 radical (unpaired) electrons. The molecule has 19 heavy (non-hydrogen) atoms. The molecule has 0 saturated carbocycles. The van der Waals surface area contributed by atoms with Crippen LogP contribution in [0.1, 0.15) is 46.3 Å². The van der Waals surface area contributed by atoms with E-state index in [4.69, 9.17) is 0 Å². The highest BCUT2D eigenvalue weighted by atomic mass is 16.3. The quantitative estimate of drug-likeness (QED) is 0.873. The van der Waals surface area contributed by atoms with Crippen LogP contribution in [-0.4, -0.2) is 5.11 Å². The molecule has 2 unspecified atom stereocenters. The molecule has 0 saturated heterocycles. The van der Waals surface area contributed by atoms with Gasteiger partial charge < -0.3 is 5.11 Å². The van der Waals surface area contributed by atoms with Crippen LogP contribution in [-0.2, 0) is 6.42 Å². The molecule has 3 rings (SSSR count). The van der Waals surface area contributed by atoms with Gasteiger partial charge >= 0.3 is 0 Å². The molecule has 98 valence electrons. The number of aliphatic hydroxyl groups is 1. The van der Waals surface area contributed by atoms with Crippen LogP contribution in [0.3, 0.4) is 0 Å². The largest absolute Gasteiger partial charge is 0.388 e. The van der Waals surface area contributed by atoms with Gasteiger partial charge in [0.2, 0.25) is 0 Å². The average molecular weight is 252 g/mol. The number of hydrogen-bond donors (Lipinski definition) is 1. The molecule has 1 N–H and O–H groups in total. The number of aliphatic hydroxyl groups excluding tert-OH is 1. The molecule has 0 heterocycles. The van der Waals surface area contributed by atoms with E-state index in [1.54, 1.807) is 0 Å². The lowest BCUT2D eigenvalue weighted by atomic mass is 9.74. The van der Waals surface area contributed by atoms with Crippen LogP contribution in [0.25, 0.3) is 0 Å². The smallest absolute Gasteiger partial charge is 0.0796 e. The van der Waals surface area contributed by atoms with E-state index in [2.05, 4.69) is 56.3 Å². The van der Waals surface area contributed by atoms with E-state index in [0.29, 0.717) is 5.92 Å². The summed E-state index contributed by atoms with van der Waals surface area (Å²) >= 11 is 0. The van der Waals surface area contributed by atoms with Crippen molar-refractivity contribution in [3.8, 4) is 0 Å². The Morgan fingerprint density at radius 3 is 2.63 bits per heavy atom. The third-order valence-electron chi connectivity index (χ3n) is 4.38. The summed E-state index contributed by atoms with van der Waals surface area (Å²) < 4.78 is 0. The lowest BCUT2D eigenvalue weighted by Crippen LogP contribution is -2.19. The second kappa shape index (κ2) is 4.82. The van der Waals surface area contributed by atoms with Crippen LogP contribution in [0, 0.1) is 13.8 Å². The van der Waals surface area contributed by atoms with Crippen LogP contribution < -0.4 is 0 Å². The molecule has 0 aromatic heterocycles. The number of benzene rings is 2. The summed E-state index contributed by atoms with van der Waals surface area (Å²) in [5.74, 6) is 0.521. The Morgan fingerprint density at radius 2 is 1.89 bits per heavy atom. The monoisotopic (exact) mass is 252 g/mol. The predicted octanol–water partition coefficient (Wildman–Crippen LogP) is 4.07. The lowest BCUT2D eigenvalue weighted by Gasteiger charge is -2.31. The summed E-state index contributed by atoms with van der Waals surface area (Å²) in [6.07, 6.45) is 1.59. The summed E-state index contributed by atoms with van der Waals surface area (Å²) in [7, 11) is 0. The minimum atomic E-state index is -0.349. The highest BCUT2D eigenvalue weighted by molar-refractivity contribution is 5.40. The van der Waals surface area contributed by atoms with E-state index in [0.717, 1.165) is 18.4 Å². The maximum atomic E-state index is 10.4. The summed E-state index contributed by atoms with van der Waals surface area (Å²) in [5, 5.41) is 10.4. The summed E-state index contributed by atoms with van der Waals surface area (Å²) in [6.45, 7) is 4.21. The molecule has 2 aromatic rings. The highest BCUT2D eigenvalue weighted by Gasteiger charge is 2.27. The van der Waals surface area contributed by atoms with Gasteiger partial charge in [0, 0.05) is 0 Å². The summed E-state index contributed by atoms with van der Waals surface area (Å²) in [4.78, 5) is 0. The second-order valence-electron chi connectivity index (χ2n) is 5.70. The second-order valence-corrected chi connectivity index (χ2v) is 5.70. The van der Waals surface area contributed by atoms with Gasteiger partial charge in [-0.3, -0.25) is 0 Å². The van der Waals surface area contributed by atoms with Gasteiger partial charge in [0.05, 0.1) is 6.10 Å². The maximum Gasteiger partial charge on any atom is 0.0796 e. The van der Waals surface area contributed by atoms with Gasteiger partial charge in [0.15, 0.2) is 0 Å². The van der Waals surface area contributed by atoms with Gasteiger partial charge in [-0.1, -0.05) is 42.5 Å². The van der Waals surface area contributed by atoms with Crippen molar-refractivity contribution in [2.24, 2.45) is 0 Å². The van der Waals surface area contributed by atoms with Crippen molar-refractivity contribution in [2.45, 2.75) is 38.7 Å². The maximum absolute atomic E-state index is 10.4. The number of aryl methyl sites for hydroxylation is 2. The van der Waals surface area contributed by atoms with E-state index in [1.165, 1.54) is 22.3 Å². The SMILES string of the molecule is Cc1ccc(C(O)CC2Cc3ccccc32)cc1C. The fourth-order valence-electron chi connectivity index (χ4n) is 2.95. The van der Waals surface area contributed by atoms with Crippen LogP contribution in [0.5, 0.6) is 0 Å². The first-order chi connectivity index (χ1) is 9.15. The molecule has 2 aromatic carbocycles. The molecule has 0 spiro atoms. The first-order valence-corrected chi connectivity index (χ1v) is 6.98. The minimum Gasteiger partial charge on any atom is -0.388 e. The van der Waals surface area contributed by atoms with E-state index in [1.807, 2.05) is 0 Å². The Bertz CT molecular complexity index is 600. The molecule has 2 atom stereocenters. The minimum absolute atomic E-state index is 0.349. The van der Waals surface area contributed by atoms with Gasteiger partial charge in [-0.25, -0.2) is 0 Å². The number of rotatable bonds is 3. The molecule has 1 aliphatic carbocycles. The van der Waals surface area contributed by atoms with Crippen molar-refractivity contribution < 1.29 is 5.11 Å². The summed E-state index contributed by atoms with van der Waals surface area (Å²) in [6, 6.07) is 14.8. The molecule has 0 bridgehead atoms. The van der Waals surface area contributed by atoms with Crippen LogP contribution in [0.15, 0.2) is 42.5 Å². The predicted molar refractivity (Wildman–Crippen MR) is 78.4 cm³/mol. The first kappa shape index (κ1) is 12.4. The zero-order valence-electron chi connectivity index (χ0n) is 11.6. The lowest BCUT2D eigenvalue weighted by molar-refractivity contribution is 0.153. The fourth-order valence-corrected chi connectivity index (χ4v) is 2.95. The molecule has 1 nitrogen and oxygen atoms in total.